The van der Waals surface area contributed by atoms with E-state index in [2.05, 4.69) is 10.2 Å². The molecule has 0 spiro atoms. The van der Waals surface area contributed by atoms with Crippen molar-refractivity contribution in [3.8, 4) is 5.69 Å². The van der Waals surface area contributed by atoms with E-state index >= 15 is 0 Å². The summed E-state index contributed by atoms with van der Waals surface area (Å²) in [6.07, 6.45) is 2.43. The molecule has 32 heavy (non-hydrogen) atoms. The zero-order valence-corrected chi connectivity index (χ0v) is 17.8. The van der Waals surface area contributed by atoms with Crippen LogP contribution in [0.1, 0.15) is 36.0 Å². The quantitative estimate of drug-likeness (QED) is 0.440. The number of halogens is 1. The maximum atomic E-state index is 13.2. The molecular formula is C21H20FN5O4S. The Morgan fingerprint density at radius 3 is 2.44 bits per heavy atom. The third kappa shape index (κ3) is 3.47. The van der Waals surface area contributed by atoms with Crippen LogP contribution in [0.4, 0.5) is 10.1 Å². The first-order valence-corrected chi connectivity index (χ1v) is 11.8. The van der Waals surface area contributed by atoms with Crippen molar-refractivity contribution in [1.82, 2.24) is 19.1 Å². The van der Waals surface area contributed by atoms with Gasteiger partial charge in [-0.3, -0.25) is 14.7 Å². The van der Waals surface area contributed by atoms with Crippen molar-refractivity contribution in [2.45, 2.75) is 36.5 Å². The highest BCUT2D eigenvalue weighted by atomic mass is 32.2. The van der Waals surface area contributed by atoms with E-state index in [-0.39, 0.29) is 16.5 Å². The highest BCUT2D eigenvalue weighted by Crippen LogP contribution is 2.35. The zero-order chi connectivity index (χ0) is 22.5. The minimum absolute atomic E-state index is 0.0112. The Kier molecular flexibility index (Phi) is 5.01. The van der Waals surface area contributed by atoms with Crippen LogP contribution in [-0.4, -0.2) is 45.5 Å². The lowest BCUT2D eigenvalue weighted by atomic mass is 9.95. The van der Waals surface area contributed by atoms with E-state index in [0.29, 0.717) is 38.8 Å². The molecule has 0 saturated carbocycles. The third-order valence-electron chi connectivity index (χ3n) is 6.16. The van der Waals surface area contributed by atoms with E-state index in [1.54, 1.807) is 12.1 Å². The van der Waals surface area contributed by atoms with Gasteiger partial charge in [0, 0.05) is 37.6 Å². The van der Waals surface area contributed by atoms with Crippen molar-refractivity contribution in [2.24, 2.45) is 0 Å². The van der Waals surface area contributed by atoms with Crippen LogP contribution >= 0.6 is 0 Å². The second-order valence-electron chi connectivity index (χ2n) is 8.01. The fourth-order valence-corrected chi connectivity index (χ4v) is 5.95. The highest BCUT2D eigenvalue weighted by molar-refractivity contribution is 7.89. The molecule has 1 fully saturated rings. The van der Waals surface area contributed by atoms with Crippen molar-refractivity contribution in [1.29, 1.82) is 0 Å². The molecule has 9 nitrogen and oxygen atoms in total. The average molecular weight is 457 g/mol. The minimum Gasteiger partial charge on any atom is -0.282 e. The summed E-state index contributed by atoms with van der Waals surface area (Å²) in [4.78, 5) is 10.8. The monoisotopic (exact) mass is 457 g/mol. The maximum Gasteiger partial charge on any atom is 0.269 e. The fourth-order valence-electron chi connectivity index (χ4n) is 4.48. The van der Waals surface area contributed by atoms with Crippen LogP contribution in [0, 0.1) is 15.9 Å². The number of nitrogens with zero attached hydrogens (tertiary/aromatic N) is 5. The van der Waals surface area contributed by atoms with E-state index in [9.17, 15) is 22.9 Å². The average Bonchev–Trinajstić information content (AvgIpc) is 3.23. The first-order chi connectivity index (χ1) is 15.3. The summed E-state index contributed by atoms with van der Waals surface area (Å²) in [6, 6.07) is 9.66. The number of benzene rings is 2. The van der Waals surface area contributed by atoms with Crippen LogP contribution in [0.3, 0.4) is 0 Å². The lowest BCUT2D eigenvalue weighted by Crippen LogP contribution is -2.38. The second kappa shape index (κ2) is 7.75. The molecule has 5 rings (SSSR count). The van der Waals surface area contributed by atoms with Gasteiger partial charge >= 0.3 is 0 Å². The molecule has 2 aliphatic heterocycles. The van der Waals surface area contributed by atoms with E-state index in [1.165, 1.54) is 22.5 Å². The number of hydrogen-bond donors (Lipinski definition) is 0. The molecule has 0 aliphatic carbocycles. The smallest absolute Gasteiger partial charge is 0.269 e. The minimum atomic E-state index is -3.69. The van der Waals surface area contributed by atoms with E-state index in [4.69, 9.17) is 0 Å². The van der Waals surface area contributed by atoms with E-state index in [1.807, 2.05) is 4.57 Å². The summed E-state index contributed by atoms with van der Waals surface area (Å²) < 4.78 is 42.3. The first kappa shape index (κ1) is 20.7. The molecule has 0 amide bonds. The Balaban J connectivity index is 1.38. The van der Waals surface area contributed by atoms with Crippen molar-refractivity contribution in [3.05, 3.63) is 75.6 Å². The van der Waals surface area contributed by atoms with Gasteiger partial charge in [0.15, 0.2) is 0 Å². The van der Waals surface area contributed by atoms with Gasteiger partial charge in [0.25, 0.3) is 5.69 Å². The Morgan fingerprint density at radius 2 is 1.75 bits per heavy atom. The van der Waals surface area contributed by atoms with Gasteiger partial charge in [-0.15, -0.1) is 10.2 Å². The first-order valence-electron chi connectivity index (χ1n) is 10.3. The molecule has 3 heterocycles. The van der Waals surface area contributed by atoms with Gasteiger partial charge < -0.3 is 0 Å². The molecule has 2 aromatic carbocycles. The van der Waals surface area contributed by atoms with Crippen LogP contribution in [-0.2, 0) is 22.9 Å². The molecular weight excluding hydrogens is 437 g/mol. The molecule has 0 N–H and O–H groups in total. The number of sulfonamides is 1. The molecule has 0 unspecified atom stereocenters. The van der Waals surface area contributed by atoms with E-state index in [0.717, 1.165) is 35.0 Å². The molecule has 2 aliphatic rings. The molecule has 1 aromatic heterocycles. The molecule has 11 heteroatoms. The predicted molar refractivity (Wildman–Crippen MR) is 113 cm³/mol. The number of non-ortho nitro benzene ring substituents is 1. The standard InChI is InChI=1S/C21H20FN5O4S/c22-16-2-5-18(6-3-16)32(30,31)25-11-9-14(10-12-25)21-24-23-20-8-1-15-13-17(27(28)29)4-7-19(15)26(20)21/h2-7,13-14H,1,8-12H2. The number of nitro benzene ring substituents is 1. The lowest BCUT2D eigenvalue weighted by molar-refractivity contribution is -0.384. The van der Waals surface area contributed by atoms with Crippen LogP contribution in [0.2, 0.25) is 0 Å². The largest absolute Gasteiger partial charge is 0.282 e. The molecule has 0 atom stereocenters. The number of piperidine rings is 1. The summed E-state index contributed by atoms with van der Waals surface area (Å²) in [5.41, 5.74) is 1.78. The Morgan fingerprint density at radius 1 is 1.03 bits per heavy atom. The fraction of sp³-hybridized carbons (Fsp3) is 0.333. The number of hydrogen-bond acceptors (Lipinski definition) is 6. The summed E-state index contributed by atoms with van der Waals surface area (Å²) in [5, 5.41) is 19.9. The molecule has 1 saturated heterocycles. The van der Waals surface area contributed by atoms with Gasteiger partial charge in [-0.05, 0) is 55.2 Å². The summed E-state index contributed by atoms with van der Waals surface area (Å²) in [6.45, 7) is 0.638. The summed E-state index contributed by atoms with van der Waals surface area (Å²) in [5.74, 6) is 1.10. The van der Waals surface area contributed by atoms with Gasteiger partial charge in [0.05, 0.1) is 15.5 Å². The van der Waals surface area contributed by atoms with Gasteiger partial charge in [0.2, 0.25) is 10.0 Å². The third-order valence-corrected chi connectivity index (χ3v) is 8.07. The molecule has 3 aromatic rings. The molecule has 0 radical (unpaired) electrons. The topological polar surface area (TPSA) is 111 Å². The summed E-state index contributed by atoms with van der Waals surface area (Å²) >= 11 is 0. The second-order valence-corrected chi connectivity index (χ2v) is 9.95. The maximum absolute atomic E-state index is 13.2. The SMILES string of the molecule is O=[N+]([O-])c1ccc2c(c1)CCc1nnc(C3CCN(S(=O)(=O)c4ccc(F)cc4)CC3)n1-2. The number of aryl methyl sites for hydroxylation is 2. The van der Waals surface area contributed by atoms with Crippen LogP contribution < -0.4 is 0 Å². The number of nitro groups is 1. The number of rotatable bonds is 4. The molecule has 0 bridgehead atoms. The lowest BCUT2D eigenvalue weighted by Gasteiger charge is -2.31. The highest BCUT2D eigenvalue weighted by Gasteiger charge is 2.33. The summed E-state index contributed by atoms with van der Waals surface area (Å²) in [7, 11) is -3.69. The van der Waals surface area contributed by atoms with Crippen molar-refractivity contribution in [3.63, 3.8) is 0 Å². The zero-order valence-electron chi connectivity index (χ0n) is 17.0. The number of aromatic nitrogens is 3. The van der Waals surface area contributed by atoms with Crippen LogP contribution in [0.15, 0.2) is 47.4 Å². The van der Waals surface area contributed by atoms with Crippen LogP contribution in [0.25, 0.3) is 5.69 Å². The van der Waals surface area contributed by atoms with Gasteiger partial charge in [0.1, 0.15) is 17.5 Å². The van der Waals surface area contributed by atoms with Crippen molar-refractivity contribution < 1.29 is 17.7 Å². The van der Waals surface area contributed by atoms with E-state index < -0.39 is 20.8 Å². The van der Waals surface area contributed by atoms with Crippen LogP contribution in [0.5, 0.6) is 0 Å². The van der Waals surface area contributed by atoms with Gasteiger partial charge in [-0.2, -0.15) is 4.31 Å². The molecule has 166 valence electrons. The Hall–Kier alpha value is -3.18. The normalized spacial score (nSPS) is 17.0. The van der Waals surface area contributed by atoms with Crippen molar-refractivity contribution >= 4 is 15.7 Å². The van der Waals surface area contributed by atoms with Crippen molar-refractivity contribution in [2.75, 3.05) is 13.1 Å². The Bertz CT molecular complexity index is 1300. The Labute approximate surface area is 183 Å². The predicted octanol–water partition coefficient (Wildman–Crippen LogP) is 2.98. The van der Waals surface area contributed by atoms with Gasteiger partial charge in [-0.25, -0.2) is 12.8 Å². The van der Waals surface area contributed by atoms with Gasteiger partial charge in [-0.1, -0.05) is 0 Å². The number of fused-ring (bicyclic) bond motifs is 3.